The SMILES string of the molecule is Cc1cc2c(cc1N1c3cc4c(cc3B3c5cc6c(cc5N(c5ccc7c(c5)C(C)(C)CCC7(C)C)c5cc(C7CCCCC7)cc1c53)C(C)(C)CCC6(C)C)oc1cc3c(cc14)C(C)(C)CCC3(C)C)C(C)(C)CCC2(C)C. The van der Waals surface area contributed by atoms with Crippen LogP contribution in [0.15, 0.2) is 83.3 Å². The fourth-order valence-corrected chi connectivity index (χ4v) is 17.3. The largest absolute Gasteiger partial charge is 0.456 e. The molecule has 0 unspecified atom stereocenters. The molecular weight excluding hydrogens is 956 g/mol. The van der Waals surface area contributed by atoms with E-state index in [9.17, 15) is 0 Å². The molecule has 3 heterocycles. The number of furan rings is 1. The van der Waals surface area contributed by atoms with Crippen molar-refractivity contribution >= 4 is 79.2 Å². The lowest BCUT2D eigenvalue weighted by Gasteiger charge is -2.48. The van der Waals surface area contributed by atoms with E-state index in [4.69, 9.17) is 4.42 Å². The average molecular weight is 1050 g/mol. The average Bonchev–Trinajstić information content (AvgIpc) is 3.90. The number of nitrogens with zero attached hydrogens (tertiary/aromatic N) is 2. The first kappa shape index (κ1) is 51.9. The zero-order valence-electron chi connectivity index (χ0n) is 51.7. The van der Waals surface area contributed by atoms with Gasteiger partial charge >= 0.3 is 0 Å². The van der Waals surface area contributed by atoms with E-state index in [2.05, 4.69) is 206 Å². The van der Waals surface area contributed by atoms with Crippen molar-refractivity contribution in [3.8, 4) is 0 Å². The lowest BCUT2D eigenvalue weighted by atomic mass is 9.33. The van der Waals surface area contributed by atoms with E-state index in [1.807, 2.05) is 0 Å². The van der Waals surface area contributed by atoms with E-state index >= 15 is 0 Å². The zero-order chi connectivity index (χ0) is 55.7. The predicted molar refractivity (Wildman–Crippen MR) is 339 cm³/mol. The molecule has 4 heteroatoms. The van der Waals surface area contributed by atoms with E-state index in [0.717, 1.165) is 11.2 Å². The third-order valence-electron chi connectivity index (χ3n) is 23.2. The maximum Gasteiger partial charge on any atom is 0.252 e. The highest BCUT2D eigenvalue weighted by Gasteiger charge is 2.49. The van der Waals surface area contributed by atoms with E-state index < -0.39 is 0 Å². The van der Waals surface area contributed by atoms with Crippen LogP contribution in [-0.4, -0.2) is 6.71 Å². The topological polar surface area (TPSA) is 19.6 Å². The maximum atomic E-state index is 7.35. The van der Waals surface area contributed by atoms with Crippen molar-refractivity contribution in [3.63, 3.8) is 0 Å². The lowest BCUT2D eigenvalue weighted by Crippen LogP contribution is -2.62. The minimum Gasteiger partial charge on any atom is -0.456 e. The Morgan fingerprint density at radius 3 is 1.37 bits per heavy atom. The number of fused-ring (bicyclic) bond motifs is 11. The fraction of sp³-hybridized carbons (Fsp3) is 0.520. The van der Waals surface area contributed by atoms with Crippen LogP contribution in [0.25, 0.3) is 21.9 Å². The summed E-state index contributed by atoms with van der Waals surface area (Å²) in [6.07, 6.45) is 15.9. The van der Waals surface area contributed by atoms with E-state index in [1.54, 1.807) is 0 Å². The van der Waals surface area contributed by atoms with Crippen molar-refractivity contribution < 1.29 is 4.42 Å². The zero-order valence-corrected chi connectivity index (χ0v) is 51.7. The molecule has 0 radical (unpaired) electrons. The summed E-state index contributed by atoms with van der Waals surface area (Å²) in [4.78, 5) is 5.61. The Bertz CT molecular complexity index is 3770. The second kappa shape index (κ2) is 16.5. The van der Waals surface area contributed by atoms with Gasteiger partial charge in [0.2, 0.25) is 0 Å². The first-order chi connectivity index (χ1) is 37.0. The maximum absolute atomic E-state index is 7.35. The van der Waals surface area contributed by atoms with Gasteiger partial charge in [-0.2, -0.15) is 0 Å². The highest BCUT2D eigenvalue weighted by atomic mass is 16.3. The van der Waals surface area contributed by atoms with Crippen LogP contribution in [0.2, 0.25) is 0 Å². The standard InChI is InChI=1S/C75H91BN2O/c1-44-33-51-55(73(12,13)30-27-69(51,4)5)40-60(44)78-61-38-49-48-37-53-57(75(16,17)32-28-71(53,8)9)42-65(48)79-66(49)43-59(61)76-58-39-54-56(74(14,15)31-29-72(54,10)11)41-62(58)77(47-23-24-50-52(36-47)70(6,7)26-25-68(50,2)3)63-34-46(35-64(78)67(63)76)45-21-19-18-20-22-45/h23-24,33-43,45H,18-22,25-32H2,1-17H3. The van der Waals surface area contributed by atoms with Crippen molar-refractivity contribution in [1.29, 1.82) is 0 Å². The third kappa shape index (κ3) is 7.55. The molecule has 0 saturated heterocycles. The van der Waals surface area contributed by atoms with Crippen LogP contribution in [0.3, 0.4) is 0 Å². The summed E-state index contributed by atoms with van der Waals surface area (Å²) in [7, 11) is 0. The number of aryl methyl sites for hydroxylation is 1. The molecule has 0 amide bonds. The van der Waals surface area contributed by atoms with Gasteiger partial charge in [0.25, 0.3) is 6.71 Å². The van der Waals surface area contributed by atoms with Gasteiger partial charge in [-0.05, 0) is 253 Å². The lowest BCUT2D eigenvalue weighted by molar-refractivity contribution is 0.332. The molecule has 0 atom stereocenters. The molecule has 2 aliphatic heterocycles. The molecule has 1 fully saturated rings. The number of hydrogen-bond donors (Lipinski definition) is 0. The molecule has 14 rings (SSSR count). The summed E-state index contributed by atoms with van der Waals surface area (Å²) >= 11 is 0. The van der Waals surface area contributed by atoms with Crippen molar-refractivity contribution in [2.24, 2.45) is 0 Å². The Kier molecular flexibility index (Phi) is 10.8. The van der Waals surface area contributed by atoms with Gasteiger partial charge in [-0.1, -0.05) is 148 Å². The number of rotatable bonds is 3. The van der Waals surface area contributed by atoms with Crippen LogP contribution in [0, 0.1) is 6.92 Å². The second-order valence-electron chi connectivity index (χ2n) is 32.3. The molecule has 0 spiro atoms. The smallest absolute Gasteiger partial charge is 0.252 e. The normalized spacial score (nSPS) is 23.0. The Morgan fingerprint density at radius 1 is 0.380 bits per heavy atom. The van der Waals surface area contributed by atoms with Crippen molar-refractivity contribution in [2.45, 2.75) is 250 Å². The molecule has 0 bridgehead atoms. The molecule has 1 aromatic heterocycles. The summed E-state index contributed by atoms with van der Waals surface area (Å²) in [5, 5.41) is 2.48. The van der Waals surface area contributed by atoms with Gasteiger partial charge in [-0.25, -0.2) is 0 Å². The minimum absolute atomic E-state index is 0.0148. The monoisotopic (exact) mass is 1050 g/mol. The third-order valence-corrected chi connectivity index (χ3v) is 23.2. The fourth-order valence-electron chi connectivity index (χ4n) is 17.3. The summed E-state index contributed by atoms with van der Waals surface area (Å²) in [5.41, 5.74) is 29.8. The molecular formula is C75H91BN2O. The van der Waals surface area contributed by atoms with E-state index in [1.165, 1.54) is 200 Å². The Balaban J connectivity index is 1.13. The molecule has 0 N–H and O–H groups in total. The first-order valence-corrected chi connectivity index (χ1v) is 31.3. The van der Waals surface area contributed by atoms with Crippen molar-refractivity contribution in [3.05, 3.63) is 134 Å². The summed E-state index contributed by atoms with van der Waals surface area (Å²) < 4.78 is 7.35. The minimum atomic E-state index is -0.0148. The van der Waals surface area contributed by atoms with Gasteiger partial charge in [0.1, 0.15) is 11.2 Å². The van der Waals surface area contributed by atoms with Crippen LogP contribution in [0.5, 0.6) is 0 Å². The van der Waals surface area contributed by atoms with Gasteiger partial charge < -0.3 is 14.2 Å². The first-order valence-electron chi connectivity index (χ1n) is 31.3. The van der Waals surface area contributed by atoms with Gasteiger partial charge in [0, 0.05) is 44.9 Å². The van der Waals surface area contributed by atoms with E-state index in [0.29, 0.717) is 5.92 Å². The highest BCUT2D eigenvalue weighted by Crippen LogP contribution is 2.56. The molecule has 7 aromatic rings. The number of hydrogen-bond acceptors (Lipinski definition) is 3. The van der Waals surface area contributed by atoms with Crippen LogP contribution in [-0.2, 0) is 43.3 Å². The Morgan fingerprint density at radius 2 is 0.797 bits per heavy atom. The molecule has 7 aliphatic rings. The van der Waals surface area contributed by atoms with Crippen LogP contribution in [0.1, 0.15) is 256 Å². The quantitative estimate of drug-likeness (QED) is 0.164. The molecule has 5 aliphatic carbocycles. The van der Waals surface area contributed by atoms with Crippen LogP contribution in [0.4, 0.5) is 34.1 Å². The predicted octanol–water partition coefficient (Wildman–Crippen LogP) is 19.4. The Labute approximate surface area is 475 Å². The summed E-state index contributed by atoms with van der Waals surface area (Å²) in [5.74, 6) is 0.509. The summed E-state index contributed by atoms with van der Waals surface area (Å²) in [6, 6.07) is 34.1. The molecule has 410 valence electrons. The Hall–Kier alpha value is -5.22. The van der Waals surface area contributed by atoms with Gasteiger partial charge in [-0.3, -0.25) is 0 Å². The molecule has 79 heavy (non-hydrogen) atoms. The van der Waals surface area contributed by atoms with Gasteiger partial charge in [0.15, 0.2) is 0 Å². The molecule has 6 aromatic carbocycles. The van der Waals surface area contributed by atoms with Gasteiger partial charge in [0.05, 0.1) is 0 Å². The van der Waals surface area contributed by atoms with Crippen molar-refractivity contribution in [2.75, 3.05) is 9.80 Å². The number of benzene rings is 6. The second-order valence-corrected chi connectivity index (χ2v) is 32.3. The molecule has 3 nitrogen and oxygen atoms in total. The number of anilines is 6. The van der Waals surface area contributed by atoms with Gasteiger partial charge in [-0.15, -0.1) is 0 Å². The van der Waals surface area contributed by atoms with Crippen LogP contribution >= 0.6 is 0 Å². The summed E-state index contributed by atoms with van der Waals surface area (Å²) in [6.45, 7) is 42.3. The van der Waals surface area contributed by atoms with Crippen LogP contribution < -0.4 is 26.2 Å². The van der Waals surface area contributed by atoms with E-state index in [-0.39, 0.29) is 50.0 Å². The van der Waals surface area contributed by atoms with Crippen molar-refractivity contribution in [1.82, 2.24) is 0 Å². The molecule has 1 saturated carbocycles. The highest BCUT2D eigenvalue weighted by molar-refractivity contribution is 7.00.